The minimum atomic E-state index is -0.519. The maximum Gasteiger partial charge on any atom is 0.341 e. The quantitative estimate of drug-likeness (QED) is 0.602. The summed E-state index contributed by atoms with van der Waals surface area (Å²) in [5.74, 6) is -0.489. The Kier molecular flexibility index (Phi) is 5.07. The van der Waals surface area contributed by atoms with Gasteiger partial charge < -0.3 is 9.47 Å². The Hall–Kier alpha value is -1.94. The number of methoxy groups -OCH3 is 1. The average Bonchev–Trinajstić information content (AvgIpc) is 2.62. The van der Waals surface area contributed by atoms with E-state index in [1.165, 1.54) is 7.11 Å². The third-order valence-electron chi connectivity index (χ3n) is 6.33. The van der Waals surface area contributed by atoms with E-state index < -0.39 is 5.97 Å². The molecule has 1 aromatic rings. The van der Waals surface area contributed by atoms with Gasteiger partial charge in [0.2, 0.25) is 0 Å². The fraction of sp³-hybridized carbons (Fsp3) is 0.545. The van der Waals surface area contributed by atoms with Crippen LogP contribution in [0.4, 0.5) is 0 Å². The Balaban J connectivity index is 1.80. The van der Waals surface area contributed by atoms with Gasteiger partial charge in [-0.1, -0.05) is 57.2 Å². The minimum Gasteiger partial charge on any atom is -0.465 e. The summed E-state index contributed by atoms with van der Waals surface area (Å²) in [6, 6.07) is 10.2. The first-order valence-corrected chi connectivity index (χ1v) is 9.28. The molecule has 4 heteroatoms. The highest BCUT2D eigenvalue weighted by Gasteiger charge is 2.54. The van der Waals surface area contributed by atoms with Crippen LogP contribution < -0.4 is 0 Å². The van der Waals surface area contributed by atoms with Crippen molar-refractivity contribution in [3.63, 3.8) is 0 Å². The Morgan fingerprint density at radius 1 is 1.19 bits per heavy atom. The van der Waals surface area contributed by atoms with Gasteiger partial charge in [0.15, 0.2) is 5.78 Å². The summed E-state index contributed by atoms with van der Waals surface area (Å²) < 4.78 is 11.1. The van der Waals surface area contributed by atoms with Crippen molar-refractivity contribution < 1.29 is 19.1 Å². The number of allylic oxidation sites excluding steroid dienone is 1. The number of Topliss-reactive ketones (excluding diaryl/α,β-unsaturated/α-hetero) is 1. The molecule has 26 heavy (non-hydrogen) atoms. The van der Waals surface area contributed by atoms with Crippen molar-refractivity contribution in [2.45, 2.75) is 52.7 Å². The van der Waals surface area contributed by atoms with E-state index in [2.05, 4.69) is 32.9 Å². The highest BCUT2D eigenvalue weighted by atomic mass is 16.5. The molecule has 1 saturated carbocycles. The summed E-state index contributed by atoms with van der Waals surface area (Å²) >= 11 is 0. The van der Waals surface area contributed by atoms with Crippen molar-refractivity contribution >= 4 is 11.8 Å². The normalized spacial score (nSPS) is 30.3. The van der Waals surface area contributed by atoms with Crippen LogP contribution in [-0.4, -0.2) is 25.0 Å². The second-order valence-corrected chi connectivity index (χ2v) is 8.38. The summed E-state index contributed by atoms with van der Waals surface area (Å²) in [5.41, 5.74) is 1.03. The molecule has 0 unspecified atom stereocenters. The van der Waals surface area contributed by atoms with Gasteiger partial charge in [-0.2, -0.15) is 0 Å². The van der Waals surface area contributed by atoms with Crippen LogP contribution >= 0.6 is 0 Å². The van der Waals surface area contributed by atoms with Gasteiger partial charge in [0.1, 0.15) is 0 Å². The molecule has 0 aromatic heterocycles. The van der Waals surface area contributed by atoms with Crippen LogP contribution in [0.1, 0.15) is 45.6 Å². The maximum atomic E-state index is 12.6. The van der Waals surface area contributed by atoms with Gasteiger partial charge in [0.25, 0.3) is 0 Å². The van der Waals surface area contributed by atoms with Crippen LogP contribution in [0.2, 0.25) is 0 Å². The molecule has 2 aliphatic carbocycles. The zero-order valence-corrected chi connectivity index (χ0v) is 16.1. The Bertz CT molecular complexity index is 719. The van der Waals surface area contributed by atoms with Crippen LogP contribution in [0.3, 0.4) is 0 Å². The van der Waals surface area contributed by atoms with Crippen LogP contribution in [0.15, 0.2) is 42.0 Å². The van der Waals surface area contributed by atoms with E-state index in [1.54, 1.807) is 0 Å². The highest BCUT2D eigenvalue weighted by molar-refractivity contribution is 6.18. The predicted molar refractivity (Wildman–Crippen MR) is 99.4 cm³/mol. The third kappa shape index (κ3) is 3.35. The molecule has 1 aromatic carbocycles. The summed E-state index contributed by atoms with van der Waals surface area (Å²) in [4.78, 5) is 24.5. The van der Waals surface area contributed by atoms with Gasteiger partial charge in [-0.25, -0.2) is 4.79 Å². The molecule has 0 spiro atoms. The van der Waals surface area contributed by atoms with E-state index in [0.717, 1.165) is 18.4 Å². The molecule has 0 heterocycles. The SMILES string of the molecule is COC(=O)C1=C[C@@]2(C)CC[C@H](OCc3ccccc3)C(C)(C)[C@@H]2CC1=O. The summed E-state index contributed by atoms with van der Waals surface area (Å²) in [7, 11) is 1.32. The van der Waals surface area contributed by atoms with Crippen LogP contribution in [0, 0.1) is 16.7 Å². The number of rotatable bonds is 4. The molecule has 0 radical (unpaired) electrons. The predicted octanol–water partition coefficient (Wildman–Crippen LogP) is 4.09. The largest absolute Gasteiger partial charge is 0.465 e. The summed E-state index contributed by atoms with van der Waals surface area (Å²) in [6.45, 7) is 7.11. The number of benzene rings is 1. The first kappa shape index (κ1) is 18.8. The molecule has 4 nitrogen and oxygen atoms in total. The average molecular weight is 356 g/mol. The minimum absolute atomic E-state index is 0.0849. The molecular formula is C22H28O4. The van der Waals surface area contributed by atoms with Crippen LogP contribution in [-0.2, 0) is 25.7 Å². The van der Waals surface area contributed by atoms with Crippen LogP contribution in [0.25, 0.3) is 0 Å². The van der Waals surface area contributed by atoms with E-state index in [1.807, 2.05) is 24.3 Å². The number of ether oxygens (including phenoxy) is 2. The maximum absolute atomic E-state index is 12.6. The molecule has 3 rings (SSSR count). The zero-order valence-electron chi connectivity index (χ0n) is 16.1. The number of hydrogen-bond donors (Lipinski definition) is 0. The highest BCUT2D eigenvalue weighted by Crippen LogP contribution is 2.56. The number of carbonyl (C=O) groups excluding carboxylic acids is 2. The Labute approximate surface area is 155 Å². The molecule has 140 valence electrons. The van der Waals surface area contributed by atoms with E-state index in [0.29, 0.717) is 13.0 Å². The van der Waals surface area contributed by atoms with E-state index in [-0.39, 0.29) is 34.2 Å². The molecule has 2 aliphatic rings. The zero-order chi connectivity index (χ0) is 18.9. The van der Waals surface area contributed by atoms with Crippen molar-refractivity contribution in [3.8, 4) is 0 Å². The van der Waals surface area contributed by atoms with Gasteiger partial charge >= 0.3 is 5.97 Å². The summed E-state index contributed by atoms with van der Waals surface area (Å²) in [5, 5.41) is 0. The monoisotopic (exact) mass is 356 g/mol. The second-order valence-electron chi connectivity index (χ2n) is 8.38. The van der Waals surface area contributed by atoms with E-state index in [9.17, 15) is 9.59 Å². The van der Waals surface area contributed by atoms with Gasteiger partial charge in [0.05, 0.1) is 25.4 Å². The van der Waals surface area contributed by atoms with Crippen molar-refractivity contribution in [2.24, 2.45) is 16.7 Å². The van der Waals surface area contributed by atoms with E-state index >= 15 is 0 Å². The number of fused-ring (bicyclic) bond motifs is 1. The second kappa shape index (κ2) is 6.99. The number of carbonyl (C=O) groups is 2. The summed E-state index contributed by atoms with van der Waals surface area (Å²) in [6.07, 6.45) is 4.13. The lowest BCUT2D eigenvalue weighted by molar-refractivity contribution is -0.145. The Morgan fingerprint density at radius 3 is 2.54 bits per heavy atom. The van der Waals surface area contributed by atoms with Gasteiger partial charge in [-0.15, -0.1) is 0 Å². The lowest BCUT2D eigenvalue weighted by atomic mass is 9.51. The van der Waals surface area contributed by atoms with Crippen LogP contribution in [0.5, 0.6) is 0 Å². The van der Waals surface area contributed by atoms with Crippen molar-refractivity contribution in [1.82, 2.24) is 0 Å². The number of ketones is 1. The third-order valence-corrected chi connectivity index (χ3v) is 6.33. The molecule has 0 bridgehead atoms. The molecule has 0 amide bonds. The van der Waals surface area contributed by atoms with Crippen molar-refractivity contribution in [3.05, 3.63) is 47.5 Å². The van der Waals surface area contributed by atoms with Gasteiger partial charge in [-0.05, 0) is 35.2 Å². The number of hydrogen-bond acceptors (Lipinski definition) is 4. The lowest BCUT2D eigenvalue weighted by Crippen LogP contribution is -2.52. The smallest absolute Gasteiger partial charge is 0.341 e. The molecular weight excluding hydrogens is 328 g/mol. The topological polar surface area (TPSA) is 52.6 Å². The first-order chi connectivity index (χ1) is 12.3. The van der Waals surface area contributed by atoms with Gasteiger partial charge in [0, 0.05) is 6.42 Å². The van der Waals surface area contributed by atoms with Crippen molar-refractivity contribution in [1.29, 1.82) is 0 Å². The molecule has 0 aliphatic heterocycles. The lowest BCUT2D eigenvalue weighted by Gasteiger charge is -2.54. The number of esters is 1. The molecule has 3 atom stereocenters. The molecule has 1 fully saturated rings. The molecule has 0 N–H and O–H groups in total. The fourth-order valence-corrected chi connectivity index (χ4v) is 4.79. The van der Waals surface area contributed by atoms with Gasteiger partial charge in [-0.3, -0.25) is 4.79 Å². The van der Waals surface area contributed by atoms with Crippen molar-refractivity contribution in [2.75, 3.05) is 7.11 Å². The standard InChI is InChI=1S/C22H28O4/c1-21(2)18-12-17(23)16(20(24)25-4)13-22(18,3)11-10-19(21)26-14-15-8-6-5-7-9-15/h5-9,13,18-19H,10-12,14H2,1-4H3/t18-,19-,22+/m0/s1. The fourth-order valence-electron chi connectivity index (χ4n) is 4.79. The van der Waals surface area contributed by atoms with E-state index in [4.69, 9.17) is 9.47 Å². The Morgan fingerprint density at radius 2 is 1.88 bits per heavy atom. The molecule has 0 saturated heterocycles. The first-order valence-electron chi connectivity index (χ1n) is 9.28.